The van der Waals surface area contributed by atoms with E-state index in [-0.39, 0.29) is 17.2 Å². The summed E-state index contributed by atoms with van der Waals surface area (Å²) in [7, 11) is 0. The number of benzene rings is 2. The number of carbonyl (C=O) groups excluding carboxylic acids is 2. The SMILES string of the molecule is Cc1ccc(C(=O)NC2CC2)cc1-c1ccc(C(=O)NCC(C)(C)C)cc1OCCCBr. The first-order chi connectivity index (χ1) is 15.2. The van der Waals surface area contributed by atoms with E-state index < -0.39 is 0 Å². The van der Waals surface area contributed by atoms with Gasteiger partial charge in [0.05, 0.1) is 6.61 Å². The van der Waals surface area contributed by atoms with Crippen molar-refractivity contribution in [1.82, 2.24) is 10.6 Å². The first-order valence-electron chi connectivity index (χ1n) is 11.2. The Bertz CT molecular complexity index is 978. The zero-order valence-corrected chi connectivity index (χ0v) is 21.0. The topological polar surface area (TPSA) is 67.4 Å². The second-order valence-corrected chi connectivity index (χ2v) is 10.4. The third-order valence-corrected chi connectivity index (χ3v) is 5.82. The van der Waals surface area contributed by atoms with Crippen LogP contribution in [0.2, 0.25) is 0 Å². The molecule has 0 atom stereocenters. The van der Waals surface area contributed by atoms with Gasteiger partial charge in [-0.1, -0.05) is 42.8 Å². The van der Waals surface area contributed by atoms with Crippen molar-refractivity contribution in [1.29, 1.82) is 0 Å². The van der Waals surface area contributed by atoms with Gasteiger partial charge in [-0.15, -0.1) is 0 Å². The van der Waals surface area contributed by atoms with E-state index in [4.69, 9.17) is 4.74 Å². The molecule has 2 aromatic rings. The fourth-order valence-corrected chi connectivity index (χ4v) is 3.47. The Morgan fingerprint density at radius 1 is 1.03 bits per heavy atom. The number of halogens is 1. The zero-order chi connectivity index (χ0) is 23.3. The van der Waals surface area contributed by atoms with E-state index >= 15 is 0 Å². The van der Waals surface area contributed by atoms with Crippen LogP contribution in [0.5, 0.6) is 5.75 Å². The lowest BCUT2D eigenvalue weighted by molar-refractivity contribution is 0.0935. The fraction of sp³-hybridized carbons (Fsp3) is 0.462. The summed E-state index contributed by atoms with van der Waals surface area (Å²) in [4.78, 5) is 25.3. The molecule has 0 saturated heterocycles. The average Bonchev–Trinajstić information content (AvgIpc) is 3.56. The van der Waals surface area contributed by atoms with Crippen LogP contribution in [0.25, 0.3) is 11.1 Å². The monoisotopic (exact) mass is 500 g/mol. The maximum absolute atomic E-state index is 12.7. The smallest absolute Gasteiger partial charge is 0.251 e. The molecule has 1 saturated carbocycles. The Balaban J connectivity index is 1.92. The van der Waals surface area contributed by atoms with Gasteiger partial charge in [0.2, 0.25) is 0 Å². The molecule has 2 aromatic carbocycles. The highest BCUT2D eigenvalue weighted by molar-refractivity contribution is 9.09. The van der Waals surface area contributed by atoms with Crippen molar-refractivity contribution in [3.63, 3.8) is 0 Å². The number of alkyl halides is 1. The van der Waals surface area contributed by atoms with Gasteiger partial charge in [-0.25, -0.2) is 0 Å². The number of hydrogen-bond acceptors (Lipinski definition) is 3. The van der Waals surface area contributed by atoms with Crippen LogP contribution in [-0.2, 0) is 0 Å². The summed E-state index contributed by atoms with van der Waals surface area (Å²) < 4.78 is 6.09. The molecule has 0 spiro atoms. The van der Waals surface area contributed by atoms with Crippen LogP contribution >= 0.6 is 15.9 Å². The molecule has 5 nitrogen and oxygen atoms in total. The van der Waals surface area contributed by atoms with Crippen molar-refractivity contribution in [3.05, 3.63) is 53.1 Å². The lowest BCUT2D eigenvalue weighted by atomic mass is 9.95. The first-order valence-corrected chi connectivity index (χ1v) is 12.3. The summed E-state index contributed by atoms with van der Waals surface area (Å²) in [6.07, 6.45) is 2.95. The third-order valence-electron chi connectivity index (χ3n) is 5.26. The molecule has 0 bridgehead atoms. The molecule has 2 N–H and O–H groups in total. The normalized spacial score (nSPS) is 13.5. The molecule has 0 radical (unpaired) electrons. The molecule has 1 aliphatic carbocycles. The number of carbonyl (C=O) groups is 2. The minimum Gasteiger partial charge on any atom is -0.493 e. The highest BCUT2D eigenvalue weighted by Crippen LogP contribution is 2.34. The van der Waals surface area contributed by atoms with E-state index in [2.05, 4.69) is 47.3 Å². The summed E-state index contributed by atoms with van der Waals surface area (Å²) >= 11 is 3.44. The quantitative estimate of drug-likeness (QED) is 0.353. The standard InChI is InChI=1S/C26H33BrN2O3/c1-17-6-7-18(25(31)29-20-9-10-20)14-22(17)21-11-8-19(15-23(21)32-13-5-12-27)24(30)28-16-26(2,3)4/h6-8,11,14-15,20H,5,9-10,12-13,16H2,1-4H3,(H,28,30)(H,29,31). The Labute approximate surface area is 199 Å². The van der Waals surface area contributed by atoms with Gasteiger partial charge in [-0.2, -0.15) is 0 Å². The molecular formula is C26H33BrN2O3. The van der Waals surface area contributed by atoms with Crippen LogP contribution in [-0.4, -0.2) is 36.3 Å². The van der Waals surface area contributed by atoms with Crippen molar-refractivity contribution in [2.75, 3.05) is 18.5 Å². The number of nitrogens with one attached hydrogen (secondary N) is 2. The number of rotatable bonds is 9. The lowest BCUT2D eigenvalue weighted by Gasteiger charge is -2.19. The molecule has 1 aliphatic rings. The summed E-state index contributed by atoms with van der Waals surface area (Å²) in [5.41, 5.74) is 4.06. The average molecular weight is 501 g/mol. The summed E-state index contributed by atoms with van der Waals surface area (Å²) in [5.74, 6) is 0.483. The molecule has 0 aliphatic heterocycles. The largest absolute Gasteiger partial charge is 0.493 e. The molecule has 6 heteroatoms. The molecule has 1 fully saturated rings. The number of ether oxygens (including phenoxy) is 1. The predicted molar refractivity (Wildman–Crippen MR) is 133 cm³/mol. The van der Waals surface area contributed by atoms with Crippen molar-refractivity contribution in [3.8, 4) is 16.9 Å². The van der Waals surface area contributed by atoms with E-state index in [0.29, 0.717) is 36.1 Å². The van der Waals surface area contributed by atoms with Gasteiger partial charge >= 0.3 is 0 Å². The van der Waals surface area contributed by atoms with Crippen LogP contribution < -0.4 is 15.4 Å². The summed E-state index contributed by atoms with van der Waals surface area (Å²) in [5, 5.41) is 6.88. The van der Waals surface area contributed by atoms with Crippen LogP contribution in [0.1, 0.15) is 66.3 Å². The van der Waals surface area contributed by atoms with Gasteiger partial charge in [-0.3, -0.25) is 9.59 Å². The van der Waals surface area contributed by atoms with E-state index in [0.717, 1.165) is 41.3 Å². The van der Waals surface area contributed by atoms with Gasteiger partial charge in [0.15, 0.2) is 0 Å². The third kappa shape index (κ3) is 6.83. The Morgan fingerprint density at radius 2 is 1.72 bits per heavy atom. The zero-order valence-electron chi connectivity index (χ0n) is 19.4. The Hall–Kier alpha value is -2.34. The van der Waals surface area contributed by atoms with Gasteiger partial charge in [-0.05, 0) is 73.1 Å². The van der Waals surface area contributed by atoms with Gasteiger partial charge in [0.25, 0.3) is 11.8 Å². The molecular weight excluding hydrogens is 468 g/mol. The Morgan fingerprint density at radius 3 is 2.38 bits per heavy atom. The van der Waals surface area contributed by atoms with Crippen LogP contribution in [0.4, 0.5) is 0 Å². The second-order valence-electron chi connectivity index (χ2n) is 9.62. The van der Waals surface area contributed by atoms with Crippen molar-refractivity contribution in [2.45, 2.75) is 53.0 Å². The van der Waals surface area contributed by atoms with Gasteiger partial charge in [0, 0.05) is 34.6 Å². The van der Waals surface area contributed by atoms with Crippen LogP contribution in [0.15, 0.2) is 36.4 Å². The van der Waals surface area contributed by atoms with E-state index in [1.54, 1.807) is 6.07 Å². The molecule has 0 aromatic heterocycles. The van der Waals surface area contributed by atoms with E-state index in [9.17, 15) is 9.59 Å². The van der Waals surface area contributed by atoms with Crippen LogP contribution in [0.3, 0.4) is 0 Å². The summed E-state index contributed by atoms with van der Waals surface area (Å²) in [6, 6.07) is 11.6. The van der Waals surface area contributed by atoms with E-state index in [1.165, 1.54) is 0 Å². The maximum Gasteiger partial charge on any atom is 0.251 e. The first kappa shape index (κ1) is 24.3. The molecule has 2 amide bonds. The highest BCUT2D eigenvalue weighted by atomic mass is 79.9. The minimum absolute atomic E-state index is 0.00337. The predicted octanol–water partition coefficient (Wildman–Crippen LogP) is 5.49. The molecule has 32 heavy (non-hydrogen) atoms. The van der Waals surface area contributed by atoms with E-state index in [1.807, 2.05) is 37.3 Å². The lowest BCUT2D eigenvalue weighted by Crippen LogP contribution is -2.32. The highest BCUT2D eigenvalue weighted by Gasteiger charge is 2.24. The number of amides is 2. The minimum atomic E-state index is -0.119. The fourth-order valence-electron chi connectivity index (χ4n) is 3.24. The van der Waals surface area contributed by atoms with Crippen LogP contribution in [0, 0.1) is 12.3 Å². The van der Waals surface area contributed by atoms with Gasteiger partial charge in [0.1, 0.15) is 5.75 Å². The maximum atomic E-state index is 12.7. The molecule has 0 unspecified atom stereocenters. The van der Waals surface area contributed by atoms with Crippen molar-refractivity contribution < 1.29 is 14.3 Å². The number of hydrogen-bond donors (Lipinski definition) is 2. The molecule has 172 valence electrons. The van der Waals surface area contributed by atoms with Crippen molar-refractivity contribution >= 4 is 27.7 Å². The molecule has 3 rings (SSSR count). The van der Waals surface area contributed by atoms with Gasteiger partial charge < -0.3 is 15.4 Å². The number of aryl methyl sites for hydroxylation is 1. The summed E-state index contributed by atoms with van der Waals surface area (Å²) in [6.45, 7) is 9.39. The second kappa shape index (κ2) is 10.5. The van der Waals surface area contributed by atoms with Crippen molar-refractivity contribution in [2.24, 2.45) is 5.41 Å². The Kier molecular flexibility index (Phi) is 7.99. The molecule has 0 heterocycles.